The van der Waals surface area contributed by atoms with Crippen LogP contribution in [0.2, 0.25) is 0 Å². The van der Waals surface area contributed by atoms with E-state index in [1.807, 2.05) is 0 Å². The molecule has 4 N–H and O–H groups in total. The number of sulfonamides is 1. The number of ether oxygens (including phenoxy) is 1. The number of esters is 1. The van der Waals surface area contributed by atoms with E-state index in [1.54, 1.807) is 6.92 Å². The van der Waals surface area contributed by atoms with Crippen molar-refractivity contribution >= 4 is 27.5 Å². The molecule has 0 amide bonds. The van der Waals surface area contributed by atoms with Gasteiger partial charge in [-0.3, -0.25) is 9.82 Å². The third-order valence-corrected chi connectivity index (χ3v) is 4.06. The van der Waals surface area contributed by atoms with Gasteiger partial charge < -0.3 is 10.5 Å². The molecule has 2 aromatic rings. The zero-order chi connectivity index (χ0) is 15.6. The van der Waals surface area contributed by atoms with Crippen molar-refractivity contribution in [3.8, 4) is 0 Å². The van der Waals surface area contributed by atoms with Gasteiger partial charge in [-0.1, -0.05) is 0 Å². The molecule has 1 aromatic carbocycles. The number of nitrogens with zero attached hydrogens (tertiary/aromatic N) is 1. The molecule has 0 saturated heterocycles. The van der Waals surface area contributed by atoms with E-state index in [0.29, 0.717) is 5.69 Å². The van der Waals surface area contributed by atoms with E-state index in [4.69, 9.17) is 5.73 Å². The summed E-state index contributed by atoms with van der Waals surface area (Å²) in [5.41, 5.74) is 6.38. The number of carbonyl (C=O) groups is 1. The number of rotatable bonds is 4. The van der Waals surface area contributed by atoms with Gasteiger partial charge in [0.05, 0.1) is 12.7 Å². The fraction of sp³-hybridized carbons (Fsp3) is 0.167. The van der Waals surface area contributed by atoms with Gasteiger partial charge in [0.15, 0.2) is 5.82 Å². The van der Waals surface area contributed by atoms with E-state index in [9.17, 15) is 13.2 Å². The van der Waals surface area contributed by atoms with Gasteiger partial charge in [0.2, 0.25) is 0 Å². The molecule has 1 aromatic heterocycles. The van der Waals surface area contributed by atoms with Crippen LogP contribution in [0.25, 0.3) is 0 Å². The molecule has 0 spiro atoms. The van der Waals surface area contributed by atoms with Crippen molar-refractivity contribution < 1.29 is 17.9 Å². The van der Waals surface area contributed by atoms with Gasteiger partial charge in [0, 0.05) is 17.4 Å². The molecule has 0 radical (unpaired) electrons. The maximum atomic E-state index is 12.3. The number of methoxy groups -OCH3 is 1. The lowest BCUT2D eigenvalue weighted by Crippen LogP contribution is -2.18. The lowest BCUT2D eigenvalue weighted by atomic mass is 10.2. The summed E-state index contributed by atoms with van der Waals surface area (Å²) in [6, 6.07) is 5.39. The number of nitrogen functional groups attached to an aromatic ring is 1. The number of hydrogen-bond acceptors (Lipinski definition) is 6. The number of aryl methyl sites for hydroxylation is 1. The third kappa shape index (κ3) is 3.14. The Balaban J connectivity index is 2.46. The molecule has 0 aliphatic carbocycles. The summed E-state index contributed by atoms with van der Waals surface area (Å²) in [6.07, 6.45) is 0. The Kier molecular flexibility index (Phi) is 3.85. The highest BCUT2D eigenvalue weighted by molar-refractivity contribution is 7.92. The highest BCUT2D eigenvalue weighted by Gasteiger charge is 2.24. The number of nitrogens with two attached hydrogens (primary N) is 1. The molecule has 0 unspecified atom stereocenters. The summed E-state index contributed by atoms with van der Waals surface area (Å²) in [7, 11) is -2.83. The minimum absolute atomic E-state index is 0.125. The van der Waals surface area contributed by atoms with Gasteiger partial charge in [-0.05, 0) is 25.1 Å². The standard InChI is InChI=1S/C12H14N4O4S/c1-7-5-11(15-14-7)16-21(18,19)10-4-3-8(13)6-9(10)12(17)20-2/h3-6H,13H2,1-2H3,(H2,14,15,16). The highest BCUT2D eigenvalue weighted by Crippen LogP contribution is 2.22. The van der Waals surface area contributed by atoms with Crippen LogP contribution in [0.1, 0.15) is 16.1 Å². The number of nitrogens with one attached hydrogen (secondary N) is 2. The Morgan fingerprint density at radius 3 is 2.67 bits per heavy atom. The first-order valence-electron chi connectivity index (χ1n) is 5.86. The Bertz CT molecular complexity index is 782. The fourth-order valence-corrected chi connectivity index (χ4v) is 2.88. The van der Waals surface area contributed by atoms with Gasteiger partial charge in [0.1, 0.15) is 4.90 Å². The third-order valence-electron chi connectivity index (χ3n) is 2.64. The molecule has 2 rings (SSSR count). The van der Waals surface area contributed by atoms with Crippen molar-refractivity contribution in [1.82, 2.24) is 10.2 Å². The van der Waals surface area contributed by atoms with Crippen molar-refractivity contribution in [3.05, 3.63) is 35.5 Å². The summed E-state index contributed by atoms with van der Waals surface area (Å²) >= 11 is 0. The molecular weight excluding hydrogens is 296 g/mol. The van der Waals surface area contributed by atoms with E-state index < -0.39 is 16.0 Å². The zero-order valence-electron chi connectivity index (χ0n) is 11.4. The number of H-pyrrole nitrogens is 1. The van der Waals surface area contributed by atoms with Crippen molar-refractivity contribution in [2.45, 2.75) is 11.8 Å². The Morgan fingerprint density at radius 2 is 2.10 bits per heavy atom. The molecule has 21 heavy (non-hydrogen) atoms. The van der Waals surface area contributed by atoms with Crippen LogP contribution >= 0.6 is 0 Å². The molecule has 0 fully saturated rings. The second kappa shape index (κ2) is 5.44. The predicted octanol–water partition coefficient (Wildman–Crippen LogP) is 0.888. The van der Waals surface area contributed by atoms with Crippen LogP contribution in [-0.2, 0) is 14.8 Å². The first kappa shape index (κ1) is 14.9. The Labute approximate surface area is 121 Å². The van der Waals surface area contributed by atoms with Crippen LogP contribution in [0.15, 0.2) is 29.2 Å². The fourth-order valence-electron chi connectivity index (χ4n) is 1.71. The Hall–Kier alpha value is -2.55. The predicted molar refractivity (Wildman–Crippen MR) is 76.3 cm³/mol. The minimum Gasteiger partial charge on any atom is -0.465 e. The summed E-state index contributed by atoms with van der Waals surface area (Å²) in [5.74, 6) is -0.666. The Morgan fingerprint density at radius 1 is 1.38 bits per heavy atom. The van der Waals surface area contributed by atoms with Gasteiger partial charge >= 0.3 is 5.97 Å². The summed E-state index contributed by atoms with van der Waals surface area (Å²) in [4.78, 5) is 11.5. The molecule has 112 valence electrons. The van der Waals surface area contributed by atoms with E-state index in [2.05, 4.69) is 19.7 Å². The summed E-state index contributed by atoms with van der Waals surface area (Å²) < 4.78 is 31.5. The van der Waals surface area contributed by atoms with Gasteiger partial charge in [-0.25, -0.2) is 13.2 Å². The minimum atomic E-state index is -3.99. The first-order valence-corrected chi connectivity index (χ1v) is 7.34. The van der Waals surface area contributed by atoms with Crippen LogP contribution in [0.5, 0.6) is 0 Å². The van der Waals surface area contributed by atoms with E-state index in [-0.39, 0.29) is 22.0 Å². The number of anilines is 2. The molecular formula is C12H14N4O4S. The number of hydrogen-bond donors (Lipinski definition) is 3. The summed E-state index contributed by atoms with van der Waals surface area (Å²) in [6.45, 7) is 1.73. The number of carbonyl (C=O) groups excluding carboxylic acids is 1. The van der Waals surface area contributed by atoms with Crippen molar-refractivity contribution in [2.75, 3.05) is 17.6 Å². The number of aromatic amines is 1. The maximum Gasteiger partial charge on any atom is 0.339 e. The molecule has 0 bridgehead atoms. The van der Waals surface area contributed by atoms with Gasteiger partial charge in [0.25, 0.3) is 10.0 Å². The lowest BCUT2D eigenvalue weighted by Gasteiger charge is -2.10. The number of benzene rings is 1. The van der Waals surface area contributed by atoms with E-state index in [1.165, 1.54) is 24.3 Å². The average molecular weight is 310 g/mol. The largest absolute Gasteiger partial charge is 0.465 e. The average Bonchev–Trinajstić information content (AvgIpc) is 2.82. The van der Waals surface area contributed by atoms with Crippen LogP contribution in [-0.4, -0.2) is 31.7 Å². The smallest absolute Gasteiger partial charge is 0.339 e. The molecule has 1 heterocycles. The quantitative estimate of drug-likeness (QED) is 0.568. The van der Waals surface area contributed by atoms with Crippen molar-refractivity contribution in [2.24, 2.45) is 0 Å². The normalized spacial score (nSPS) is 11.1. The lowest BCUT2D eigenvalue weighted by molar-refractivity contribution is 0.0596. The second-order valence-corrected chi connectivity index (χ2v) is 5.94. The van der Waals surface area contributed by atoms with Crippen molar-refractivity contribution in [1.29, 1.82) is 0 Å². The van der Waals surface area contributed by atoms with Crippen molar-refractivity contribution in [3.63, 3.8) is 0 Å². The van der Waals surface area contributed by atoms with Crippen LogP contribution in [0.4, 0.5) is 11.5 Å². The molecule has 0 atom stereocenters. The summed E-state index contributed by atoms with van der Waals surface area (Å²) in [5, 5.41) is 6.39. The molecule has 0 saturated carbocycles. The van der Waals surface area contributed by atoms with Gasteiger partial charge in [-0.2, -0.15) is 5.10 Å². The second-order valence-electron chi connectivity index (χ2n) is 4.29. The highest BCUT2D eigenvalue weighted by atomic mass is 32.2. The first-order chi connectivity index (χ1) is 9.83. The van der Waals surface area contributed by atoms with Gasteiger partial charge in [-0.15, -0.1) is 0 Å². The molecule has 9 heteroatoms. The zero-order valence-corrected chi connectivity index (χ0v) is 12.2. The molecule has 0 aliphatic rings. The van der Waals surface area contributed by atoms with E-state index in [0.717, 1.165) is 7.11 Å². The maximum absolute atomic E-state index is 12.3. The molecule has 0 aliphatic heterocycles. The SMILES string of the molecule is COC(=O)c1cc(N)ccc1S(=O)(=O)Nc1cc(C)[nH]n1. The monoisotopic (exact) mass is 310 g/mol. The van der Waals surface area contributed by atoms with E-state index >= 15 is 0 Å². The van der Waals surface area contributed by atoms with Crippen LogP contribution in [0.3, 0.4) is 0 Å². The topological polar surface area (TPSA) is 127 Å². The van der Waals surface area contributed by atoms with Crippen LogP contribution in [0, 0.1) is 6.92 Å². The van der Waals surface area contributed by atoms with Crippen LogP contribution < -0.4 is 10.5 Å². The number of aromatic nitrogens is 2. The molecule has 8 nitrogen and oxygen atoms in total.